The molecule has 0 N–H and O–H groups in total. The molecular formula is C9H6N6O2. The summed E-state index contributed by atoms with van der Waals surface area (Å²) < 4.78 is 1.29. The predicted octanol–water partition coefficient (Wildman–Crippen LogP) is 0.751. The van der Waals surface area contributed by atoms with E-state index in [1.54, 1.807) is 6.07 Å². The summed E-state index contributed by atoms with van der Waals surface area (Å²) in [6.45, 7) is 1.53. The lowest BCUT2D eigenvalue weighted by Crippen LogP contribution is -2.02. The van der Waals surface area contributed by atoms with Gasteiger partial charge in [0.25, 0.3) is 11.5 Å². The monoisotopic (exact) mass is 230 g/mol. The number of hydrogen-bond donors (Lipinski definition) is 0. The average Bonchev–Trinajstić information content (AvgIpc) is 2.76. The SMILES string of the molecule is Cc1nc(-n2cnc(C#N)n2)ccc1[N+](=O)[O-]. The van der Waals surface area contributed by atoms with Gasteiger partial charge in [-0.25, -0.2) is 14.6 Å². The van der Waals surface area contributed by atoms with E-state index in [-0.39, 0.29) is 17.2 Å². The number of nitrogens with zero attached hydrogens (tertiary/aromatic N) is 6. The number of rotatable bonds is 2. The molecule has 0 unspecified atom stereocenters. The van der Waals surface area contributed by atoms with E-state index in [4.69, 9.17) is 5.26 Å². The van der Waals surface area contributed by atoms with Crippen LogP contribution in [-0.4, -0.2) is 24.7 Å². The fourth-order valence-corrected chi connectivity index (χ4v) is 1.29. The maximum Gasteiger partial charge on any atom is 0.290 e. The van der Waals surface area contributed by atoms with Crippen molar-refractivity contribution in [3.63, 3.8) is 0 Å². The van der Waals surface area contributed by atoms with E-state index in [9.17, 15) is 10.1 Å². The Kier molecular flexibility index (Phi) is 2.50. The summed E-state index contributed by atoms with van der Waals surface area (Å²) in [5.41, 5.74) is 0.218. The van der Waals surface area contributed by atoms with Gasteiger partial charge in [-0.1, -0.05) is 0 Å². The zero-order chi connectivity index (χ0) is 12.4. The van der Waals surface area contributed by atoms with Crippen LogP contribution >= 0.6 is 0 Å². The van der Waals surface area contributed by atoms with Gasteiger partial charge >= 0.3 is 0 Å². The zero-order valence-corrected chi connectivity index (χ0v) is 8.73. The molecule has 0 bridgehead atoms. The largest absolute Gasteiger partial charge is 0.290 e. The number of nitro groups is 1. The van der Waals surface area contributed by atoms with Gasteiger partial charge in [-0.05, 0) is 13.0 Å². The van der Waals surface area contributed by atoms with E-state index >= 15 is 0 Å². The maximum absolute atomic E-state index is 10.6. The minimum absolute atomic E-state index is 0.0165. The number of nitriles is 1. The third-order valence-corrected chi connectivity index (χ3v) is 2.07. The van der Waals surface area contributed by atoms with Gasteiger partial charge in [0, 0.05) is 6.07 Å². The molecule has 0 saturated carbocycles. The summed E-state index contributed by atoms with van der Waals surface area (Å²) >= 11 is 0. The van der Waals surface area contributed by atoms with Crippen LogP contribution in [0.2, 0.25) is 0 Å². The van der Waals surface area contributed by atoms with Crippen LogP contribution in [0, 0.1) is 28.4 Å². The van der Waals surface area contributed by atoms with E-state index in [0.29, 0.717) is 5.82 Å². The highest BCUT2D eigenvalue weighted by Gasteiger charge is 2.13. The van der Waals surface area contributed by atoms with Crippen molar-refractivity contribution >= 4 is 5.69 Å². The first-order chi connectivity index (χ1) is 8.11. The Morgan fingerprint density at radius 1 is 1.53 bits per heavy atom. The van der Waals surface area contributed by atoms with Gasteiger partial charge < -0.3 is 0 Å². The van der Waals surface area contributed by atoms with Crippen molar-refractivity contribution < 1.29 is 4.92 Å². The van der Waals surface area contributed by atoms with Crippen LogP contribution < -0.4 is 0 Å². The first-order valence-electron chi connectivity index (χ1n) is 4.56. The molecule has 0 aliphatic heterocycles. The van der Waals surface area contributed by atoms with Crippen molar-refractivity contribution in [1.29, 1.82) is 5.26 Å². The standard InChI is InChI=1S/C9H6N6O2/c1-6-7(15(16)17)2-3-9(12-6)14-5-11-8(4-10)13-14/h2-3,5H,1H3. The lowest BCUT2D eigenvalue weighted by molar-refractivity contribution is -0.385. The molecule has 0 amide bonds. The molecular weight excluding hydrogens is 224 g/mol. The van der Waals surface area contributed by atoms with Crippen LogP contribution in [-0.2, 0) is 0 Å². The Morgan fingerprint density at radius 3 is 2.82 bits per heavy atom. The smallest absolute Gasteiger partial charge is 0.258 e. The van der Waals surface area contributed by atoms with E-state index in [0.717, 1.165) is 0 Å². The normalized spacial score (nSPS) is 9.88. The van der Waals surface area contributed by atoms with E-state index < -0.39 is 4.92 Å². The minimum Gasteiger partial charge on any atom is -0.258 e. The molecule has 2 aromatic rings. The molecule has 0 spiro atoms. The quantitative estimate of drug-likeness (QED) is 0.556. The van der Waals surface area contributed by atoms with Gasteiger partial charge in [-0.15, -0.1) is 5.10 Å². The summed E-state index contributed by atoms with van der Waals surface area (Å²) in [5, 5.41) is 23.0. The topological polar surface area (TPSA) is 111 Å². The molecule has 8 heteroatoms. The average molecular weight is 230 g/mol. The highest BCUT2D eigenvalue weighted by molar-refractivity contribution is 5.39. The fourth-order valence-electron chi connectivity index (χ4n) is 1.29. The zero-order valence-electron chi connectivity index (χ0n) is 8.73. The molecule has 2 heterocycles. The molecule has 8 nitrogen and oxygen atoms in total. The summed E-state index contributed by atoms with van der Waals surface area (Å²) in [7, 11) is 0. The Hall–Kier alpha value is -2.82. The molecule has 2 rings (SSSR count). The second-order valence-electron chi connectivity index (χ2n) is 3.16. The highest BCUT2D eigenvalue weighted by Crippen LogP contribution is 2.16. The number of pyridine rings is 1. The van der Waals surface area contributed by atoms with Gasteiger partial charge in [0.15, 0.2) is 5.82 Å². The predicted molar refractivity (Wildman–Crippen MR) is 55.3 cm³/mol. The second kappa shape index (κ2) is 3.97. The first-order valence-corrected chi connectivity index (χ1v) is 4.56. The Balaban J connectivity index is 2.45. The fraction of sp³-hybridized carbons (Fsp3) is 0.111. The van der Waals surface area contributed by atoms with Crippen LogP contribution in [0.4, 0.5) is 5.69 Å². The first kappa shape index (κ1) is 10.7. The summed E-state index contributed by atoms with van der Waals surface area (Å²) in [5.74, 6) is 0.393. The Bertz CT molecular complexity index is 627. The molecule has 17 heavy (non-hydrogen) atoms. The highest BCUT2D eigenvalue weighted by atomic mass is 16.6. The molecule has 0 aromatic carbocycles. The summed E-state index contributed by atoms with van der Waals surface area (Å²) in [6.07, 6.45) is 1.33. The lowest BCUT2D eigenvalue weighted by Gasteiger charge is -2.00. The van der Waals surface area contributed by atoms with E-state index in [2.05, 4.69) is 15.1 Å². The number of hydrogen-bond acceptors (Lipinski definition) is 6. The maximum atomic E-state index is 10.6. The van der Waals surface area contributed by atoms with Crippen LogP contribution in [0.3, 0.4) is 0 Å². The third-order valence-electron chi connectivity index (χ3n) is 2.07. The molecule has 0 atom stereocenters. The third kappa shape index (κ3) is 1.93. The molecule has 0 radical (unpaired) electrons. The molecule has 0 fully saturated rings. The second-order valence-corrected chi connectivity index (χ2v) is 3.16. The van der Waals surface area contributed by atoms with Crippen molar-refractivity contribution in [2.75, 3.05) is 0 Å². The van der Waals surface area contributed by atoms with Crippen molar-refractivity contribution in [3.05, 3.63) is 40.1 Å². The number of aryl methyl sites for hydroxylation is 1. The van der Waals surface area contributed by atoms with Gasteiger partial charge in [0.2, 0.25) is 0 Å². The van der Waals surface area contributed by atoms with Crippen LogP contribution in [0.1, 0.15) is 11.5 Å². The Labute approximate surface area is 95.3 Å². The molecule has 0 aliphatic rings. The number of aromatic nitrogens is 4. The van der Waals surface area contributed by atoms with E-state index in [1.165, 1.54) is 30.1 Å². The van der Waals surface area contributed by atoms with Gasteiger partial charge in [0.05, 0.1) is 4.92 Å². The molecule has 84 valence electrons. The van der Waals surface area contributed by atoms with E-state index in [1.807, 2.05) is 0 Å². The van der Waals surface area contributed by atoms with Gasteiger partial charge in [-0.3, -0.25) is 10.1 Å². The van der Waals surface area contributed by atoms with Crippen LogP contribution in [0.15, 0.2) is 18.5 Å². The Morgan fingerprint density at radius 2 is 2.29 bits per heavy atom. The van der Waals surface area contributed by atoms with Crippen LogP contribution in [0.5, 0.6) is 0 Å². The molecule has 0 aliphatic carbocycles. The van der Waals surface area contributed by atoms with Gasteiger partial charge in [-0.2, -0.15) is 5.26 Å². The minimum atomic E-state index is -0.506. The van der Waals surface area contributed by atoms with Crippen molar-refractivity contribution in [3.8, 4) is 11.9 Å². The van der Waals surface area contributed by atoms with Crippen molar-refractivity contribution in [2.24, 2.45) is 0 Å². The van der Waals surface area contributed by atoms with Crippen LogP contribution in [0.25, 0.3) is 5.82 Å². The van der Waals surface area contributed by atoms with Crippen molar-refractivity contribution in [2.45, 2.75) is 6.92 Å². The lowest BCUT2D eigenvalue weighted by atomic mass is 10.3. The summed E-state index contributed by atoms with van der Waals surface area (Å²) in [6, 6.07) is 4.57. The molecule has 2 aromatic heterocycles. The van der Waals surface area contributed by atoms with Gasteiger partial charge in [0.1, 0.15) is 18.1 Å². The molecule has 0 saturated heterocycles. The van der Waals surface area contributed by atoms with Crippen molar-refractivity contribution in [1.82, 2.24) is 19.7 Å². The summed E-state index contributed by atoms with van der Waals surface area (Å²) in [4.78, 5) is 17.8.